The molecule has 1 aromatic heterocycles. The van der Waals surface area contributed by atoms with E-state index in [0.29, 0.717) is 11.3 Å². The summed E-state index contributed by atoms with van der Waals surface area (Å²) in [6.45, 7) is 0. The Labute approximate surface area is 119 Å². The van der Waals surface area contributed by atoms with Crippen LogP contribution in [-0.4, -0.2) is 10.8 Å². The number of hydrogen-bond acceptors (Lipinski definition) is 4. The van der Waals surface area contributed by atoms with Gasteiger partial charge in [0.25, 0.3) is 11.6 Å². The molecule has 2 aromatic rings. The van der Waals surface area contributed by atoms with E-state index in [4.69, 9.17) is 11.6 Å². The summed E-state index contributed by atoms with van der Waals surface area (Å²) in [5, 5.41) is 12.6. The Morgan fingerprint density at radius 3 is 2.45 bits per heavy atom. The van der Waals surface area contributed by atoms with E-state index in [1.54, 1.807) is 0 Å². The molecule has 0 radical (unpaired) electrons. The number of amides is 1. The summed E-state index contributed by atoms with van der Waals surface area (Å²) < 4.78 is 26.5. The maximum Gasteiger partial charge on any atom is 0.299 e. The van der Waals surface area contributed by atoms with E-state index in [1.807, 2.05) is 5.32 Å². The van der Waals surface area contributed by atoms with Gasteiger partial charge in [0.1, 0.15) is 22.2 Å². The van der Waals surface area contributed by atoms with Crippen molar-refractivity contribution in [1.82, 2.24) is 0 Å². The van der Waals surface area contributed by atoms with Gasteiger partial charge in [-0.2, -0.15) is 0 Å². The summed E-state index contributed by atoms with van der Waals surface area (Å²) in [5.74, 6) is -2.78. The van der Waals surface area contributed by atoms with E-state index >= 15 is 0 Å². The Balaban J connectivity index is 2.29. The number of benzene rings is 1. The number of nitro groups is 1. The first kappa shape index (κ1) is 14.4. The number of rotatable bonds is 3. The zero-order valence-electron chi connectivity index (χ0n) is 9.52. The molecule has 1 amide bonds. The molecule has 0 fully saturated rings. The minimum Gasteiger partial charge on any atom is -0.316 e. The molecule has 0 aliphatic heterocycles. The minimum absolute atomic E-state index is 0.121. The van der Waals surface area contributed by atoms with Crippen LogP contribution in [0.25, 0.3) is 0 Å². The highest BCUT2D eigenvalue weighted by Crippen LogP contribution is 2.34. The van der Waals surface area contributed by atoms with Crippen LogP contribution in [0.3, 0.4) is 0 Å². The molecule has 0 saturated carbocycles. The molecule has 0 unspecified atom stereocenters. The SMILES string of the molecule is O=C(Nc1c(F)cccc1F)c1cc([N+](=O)[O-])c(Cl)s1. The highest BCUT2D eigenvalue weighted by atomic mass is 35.5. The van der Waals surface area contributed by atoms with Crippen molar-refractivity contribution in [1.29, 1.82) is 0 Å². The lowest BCUT2D eigenvalue weighted by Gasteiger charge is -2.05. The number of carbonyl (C=O) groups is 1. The summed E-state index contributed by atoms with van der Waals surface area (Å²) in [7, 11) is 0. The van der Waals surface area contributed by atoms with Gasteiger partial charge in [0, 0.05) is 6.07 Å². The molecule has 0 spiro atoms. The van der Waals surface area contributed by atoms with Gasteiger partial charge in [-0.05, 0) is 12.1 Å². The van der Waals surface area contributed by atoms with E-state index < -0.39 is 33.8 Å². The van der Waals surface area contributed by atoms with Gasteiger partial charge in [-0.3, -0.25) is 14.9 Å². The maximum atomic E-state index is 13.4. The summed E-state index contributed by atoms with van der Waals surface area (Å²) in [5.41, 5.74) is -1.06. The molecule has 1 heterocycles. The number of anilines is 1. The lowest BCUT2D eigenvalue weighted by atomic mass is 10.3. The molecule has 0 atom stereocenters. The third-order valence-corrected chi connectivity index (χ3v) is 3.63. The van der Waals surface area contributed by atoms with Gasteiger partial charge in [-0.25, -0.2) is 8.78 Å². The second kappa shape index (κ2) is 5.51. The van der Waals surface area contributed by atoms with Crippen molar-refractivity contribution < 1.29 is 18.5 Å². The molecule has 0 saturated heterocycles. The Morgan fingerprint density at radius 1 is 1.35 bits per heavy atom. The number of hydrogen-bond donors (Lipinski definition) is 1. The van der Waals surface area contributed by atoms with Crippen molar-refractivity contribution in [2.45, 2.75) is 0 Å². The lowest BCUT2D eigenvalue weighted by Crippen LogP contribution is -2.12. The third kappa shape index (κ3) is 2.75. The van der Waals surface area contributed by atoms with E-state index in [2.05, 4.69) is 0 Å². The fourth-order valence-corrected chi connectivity index (χ4v) is 2.51. The van der Waals surface area contributed by atoms with Crippen LogP contribution in [0.4, 0.5) is 20.2 Å². The fourth-order valence-electron chi connectivity index (χ4n) is 1.39. The molecule has 20 heavy (non-hydrogen) atoms. The summed E-state index contributed by atoms with van der Waals surface area (Å²) in [6, 6.07) is 4.04. The van der Waals surface area contributed by atoms with E-state index in [1.165, 1.54) is 0 Å². The molecule has 0 aliphatic rings. The molecular weight excluding hydrogens is 314 g/mol. The molecule has 2 rings (SSSR count). The van der Waals surface area contributed by atoms with Crippen LogP contribution in [-0.2, 0) is 0 Å². The van der Waals surface area contributed by atoms with Crippen LogP contribution < -0.4 is 5.32 Å². The molecule has 104 valence electrons. The topological polar surface area (TPSA) is 72.2 Å². The number of thiophene rings is 1. The fraction of sp³-hybridized carbons (Fsp3) is 0. The Hall–Kier alpha value is -2.06. The highest BCUT2D eigenvalue weighted by Gasteiger charge is 2.22. The molecular formula is C11H5ClF2N2O3S. The maximum absolute atomic E-state index is 13.4. The van der Waals surface area contributed by atoms with Crippen LogP contribution in [0, 0.1) is 21.7 Å². The van der Waals surface area contributed by atoms with Crippen molar-refractivity contribution in [2.24, 2.45) is 0 Å². The second-order valence-electron chi connectivity index (χ2n) is 3.58. The van der Waals surface area contributed by atoms with Crippen molar-refractivity contribution in [3.05, 3.63) is 55.2 Å². The molecule has 1 N–H and O–H groups in total. The zero-order valence-corrected chi connectivity index (χ0v) is 11.1. The van der Waals surface area contributed by atoms with E-state index in [9.17, 15) is 23.7 Å². The number of nitrogens with zero attached hydrogens (tertiary/aromatic N) is 1. The number of carbonyl (C=O) groups excluding carboxylic acids is 1. The van der Waals surface area contributed by atoms with E-state index in [0.717, 1.165) is 24.3 Å². The summed E-state index contributed by atoms with van der Waals surface area (Å²) >= 11 is 6.25. The van der Waals surface area contributed by atoms with Crippen LogP contribution in [0.5, 0.6) is 0 Å². The van der Waals surface area contributed by atoms with Crippen molar-refractivity contribution >= 4 is 40.2 Å². The van der Waals surface area contributed by atoms with Crippen LogP contribution in [0.1, 0.15) is 9.67 Å². The molecule has 5 nitrogen and oxygen atoms in total. The monoisotopic (exact) mass is 318 g/mol. The Bertz CT molecular complexity index is 685. The summed E-state index contributed by atoms with van der Waals surface area (Å²) in [4.78, 5) is 21.5. The number of halogens is 3. The lowest BCUT2D eigenvalue weighted by molar-refractivity contribution is -0.384. The first-order valence-corrected chi connectivity index (χ1v) is 6.28. The largest absolute Gasteiger partial charge is 0.316 e. The van der Waals surface area contributed by atoms with E-state index in [-0.39, 0.29) is 9.21 Å². The molecule has 0 aliphatic carbocycles. The molecule has 0 bridgehead atoms. The van der Waals surface area contributed by atoms with Crippen molar-refractivity contribution in [3.63, 3.8) is 0 Å². The van der Waals surface area contributed by atoms with Crippen LogP contribution in [0.15, 0.2) is 24.3 Å². The average molecular weight is 319 g/mol. The zero-order chi connectivity index (χ0) is 14.9. The summed E-state index contributed by atoms with van der Waals surface area (Å²) in [6.07, 6.45) is 0. The van der Waals surface area contributed by atoms with Gasteiger partial charge in [0.15, 0.2) is 4.34 Å². The first-order valence-electron chi connectivity index (χ1n) is 5.09. The van der Waals surface area contributed by atoms with Crippen molar-refractivity contribution in [3.8, 4) is 0 Å². The Morgan fingerprint density at radius 2 is 1.95 bits per heavy atom. The van der Waals surface area contributed by atoms with Gasteiger partial charge >= 0.3 is 0 Å². The number of para-hydroxylation sites is 1. The minimum atomic E-state index is -0.949. The Kier molecular flexibility index (Phi) is 3.96. The van der Waals surface area contributed by atoms with Crippen molar-refractivity contribution in [2.75, 3.05) is 5.32 Å². The van der Waals surface area contributed by atoms with Gasteiger partial charge in [0.2, 0.25) is 0 Å². The standard InChI is InChI=1S/C11H5ClF2N2O3S/c12-10-7(16(18)19)4-8(20-10)11(17)15-9-5(13)2-1-3-6(9)14/h1-4H,(H,15,17). The third-order valence-electron chi connectivity index (χ3n) is 2.29. The van der Waals surface area contributed by atoms with Gasteiger partial charge in [0.05, 0.1) is 4.92 Å². The van der Waals surface area contributed by atoms with Crippen LogP contribution >= 0.6 is 22.9 Å². The first-order chi connectivity index (χ1) is 9.40. The van der Waals surface area contributed by atoms with Gasteiger partial charge in [-0.15, -0.1) is 11.3 Å². The predicted molar refractivity (Wildman–Crippen MR) is 70.3 cm³/mol. The average Bonchev–Trinajstić information content (AvgIpc) is 2.76. The van der Waals surface area contributed by atoms with Crippen LogP contribution in [0.2, 0.25) is 4.34 Å². The van der Waals surface area contributed by atoms with Gasteiger partial charge in [-0.1, -0.05) is 17.7 Å². The quantitative estimate of drug-likeness (QED) is 0.690. The number of nitrogens with one attached hydrogen (secondary N) is 1. The predicted octanol–water partition coefficient (Wildman–Crippen LogP) is 3.84. The molecule has 1 aromatic carbocycles. The smallest absolute Gasteiger partial charge is 0.299 e. The second-order valence-corrected chi connectivity index (χ2v) is 5.23. The normalized spacial score (nSPS) is 10.3. The molecule has 9 heteroatoms. The van der Waals surface area contributed by atoms with Gasteiger partial charge < -0.3 is 5.32 Å². The highest BCUT2D eigenvalue weighted by molar-refractivity contribution is 7.18.